The lowest BCUT2D eigenvalue weighted by Gasteiger charge is -2.24. The number of carbonyl (C=O) groups is 1. The van der Waals surface area contributed by atoms with Crippen molar-refractivity contribution in [1.29, 1.82) is 0 Å². The number of hydrogen-bond donors (Lipinski definition) is 1. The smallest absolute Gasteiger partial charge is 0.244 e. The van der Waals surface area contributed by atoms with Crippen LogP contribution in [0.5, 0.6) is 5.75 Å². The Morgan fingerprint density at radius 3 is 3.04 bits per heavy atom. The topological polar surface area (TPSA) is 69.0 Å². The summed E-state index contributed by atoms with van der Waals surface area (Å²) in [7, 11) is 1.41. The van der Waals surface area contributed by atoms with Crippen molar-refractivity contribution >= 4 is 12.0 Å². The van der Waals surface area contributed by atoms with E-state index in [9.17, 15) is 9.18 Å². The van der Waals surface area contributed by atoms with E-state index < -0.39 is 5.82 Å². The van der Waals surface area contributed by atoms with Crippen LogP contribution in [0.15, 0.2) is 24.3 Å². The number of aryl methyl sites for hydroxylation is 2. The van der Waals surface area contributed by atoms with E-state index in [0.717, 1.165) is 24.5 Å². The summed E-state index contributed by atoms with van der Waals surface area (Å²) >= 11 is 0. The fourth-order valence-corrected chi connectivity index (χ4v) is 2.79. The number of benzene rings is 1. The third kappa shape index (κ3) is 3.45. The molecule has 6 nitrogen and oxygen atoms in total. The minimum Gasteiger partial charge on any atom is -0.494 e. The van der Waals surface area contributed by atoms with Crippen LogP contribution in [0.1, 0.15) is 23.6 Å². The molecule has 1 atom stereocenters. The number of rotatable bonds is 4. The van der Waals surface area contributed by atoms with Gasteiger partial charge in [0.2, 0.25) is 5.91 Å². The molecule has 0 fully saturated rings. The Hall–Kier alpha value is -2.70. The molecule has 0 saturated heterocycles. The zero-order valence-electron chi connectivity index (χ0n) is 13.6. The quantitative estimate of drug-likeness (QED) is 0.869. The number of halogens is 1. The molecule has 0 spiro atoms. The first-order valence-corrected chi connectivity index (χ1v) is 7.77. The molecule has 0 unspecified atom stereocenters. The average molecular weight is 330 g/mol. The summed E-state index contributed by atoms with van der Waals surface area (Å²) in [5.41, 5.74) is 0.601. The summed E-state index contributed by atoms with van der Waals surface area (Å²) in [6.07, 6.45) is 4.61. The normalized spacial score (nSPS) is 16.9. The zero-order valence-corrected chi connectivity index (χ0v) is 13.6. The van der Waals surface area contributed by atoms with E-state index in [-0.39, 0.29) is 17.7 Å². The van der Waals surface area contributed by atoms with Crippen molar-refractivity contribution in [1.82, 2.24) is 20.1 Å². The largest absolute Gasteiger partial charge is 0.494 e. The summed E-state index contributed by atoms with van der Waals surface area (Å²) < 4.78 is 20.5. The van der Waals surface area contributed by atoms with Crippen LogP contribution in [-0.4, -0.2) is 33.8 Å². The number of carbonyl (C=O) groups excluding carboxylic acids is 1. The minimum absolute atomic E-state index is 0.0388. The molecule has 0 bridgehead atoms. The fourth-order valence-electron chi connectivity index (χ4n) is 2.79. The van der Waals surface area contributed by atoms with Gasteiger partial charge in [0.1, 0.15) is 11.6 Å². The first-order valence-electron chi connectivity index (χ1n) is 7.77. The van der Waals surface area contributed by atoms with Gasteiger partial charge in [-0.3, -0.25) is 4.79 Å². The van der Waals surface area contributed by atoms with Crippen LogP contribution in [0.25, 0.3) is 6.08 Å². The van der Waals surface area contributed by atoms with Crippen LogP contribution < -0.4 is 10.1 Å². The Kier molecular flexibility index (Phi) is 4.59. The highest BCUT2D eigenvalue weighted by Gasteiger charge is 2.22. The van der Waals surface area contributed by atoms with Gasteiger partial charge in [-0.1, -0.05) is 6.07 Å². The van der Waals surface area contributed by atoms with E-state index in [1.165, 1.54) is 25.3 Å². The van der Waals surface area contributed by atoms with Crippen molar-refractivity contribution < 1.29 is 13.9 Å². The molecular formula is C17H19FN4O2. The number of nitrogens with one attached hydrogen (secondary N) is 1. The SMILES string of the molecule is COc1ccc(/C=C/C(=O)N[C@@H]2CCc3nnc(C)n3C2)cc1F. The van der Waals surface area contributed by atoms with Gasteiger partial charge in [-0.2, -0.15) is 0 Å². The molecule has 0 saturated carbocycles. The minimum atomic E-state index is -0.456. The van der Waals surface area contributed by atoms with E-state index in [1.54, 1.807) is 12.1 Å². The molecule has 1 amide bonds. The molecule has 2 heterocycles. The number of ether oxygens (including phenoxy) is 1. The monoisotopic (exact) mass is 330 g/mol. The predicted molar refractivity (Wildman–Crippen MR) is 87.0 cm³/mol. The van der Waals surface area contributed by atoms with E-state index in [1.807, 2.05) is 11.5 Å². The van der Waals surface area contributed by atoms with E-state index >= 15 is 0 Å². The third-order valence-electron chi connectivity index (χ3n) is 4.08. The van der Waals surface area contributed by atoms with Crippen LogP contribution in [0, 0.1) is 12.7 Å². The Morgan fingerprint density at radius 2 is 2.29 bits per heavy atom. The molecular weight excluding hydrogens is 311 g/mol. The van der Waals surface area contributed by atoms with Gasteiger partial charge in [0.15, 0.2) is 11.6 Å². The zero-order chi connectivity index (χ0) is 17.1. The lowest BCUT2D eigenvalue weighted by Crippen LogP contribution is -2.40. The Labute approximate surface area is 139 Å². The molecule has 0 radical (unpaired) electrons. The highest BCUT2D eigenvalue weighted by atomic mass is 19.1. The number of methoxy groups -OCH3 is 1. The second-order valence-corrected chi connectivity index (χ2v) is 5.75. The van der Waals surface area contributed by atoms with Gasteiger partial charge < -0.3 is 14.6 Å². The molecule has 2 aromatic rings. The lowest BCUT2D eigenvalue weighted by molar-refractivity contribution is -0.117. The highest BCUT2D eigenvalue weighted by Crippen LogP contribution is 2.18. The van der Waals surface area contributed by atoms with Gasteiger partial charge in [-0.25, -0.2) is 4.39 Å². The first kappa shape index (κ1) is 16.2. The van der Waals surface area contributed by atoms with Crippen molar-refractivity contribution in [3.8, 4) is 5.75 Å². The van der Waals surface area contributed by atoms with Crippen molar-refractivity contribution in [2.75, 3.05) is 7.11 Å². The number of fused-ring (bicyclic) bond motifs is 1. The predicted octanol–water partition coefficient (Wildman–Crippen LogP) is 1.88. The van der Waals surface area contributed by atoms with E-state index in [0.29, 0.717) is 12.1 Å². The van der Waals surface area contributed by atoms with Crippen molar-refractivity contribution in [2.45, 2.75) is 32.4 Å². The molecule has 24 heavy (non-hydrogen) atoms. The van der Waals surface area contributed by atoms with Crippen LogP contribution in [0.4, 0.5) is 4.39 Å². The number of aromatic nitrogens is 3. The summed E-state index contributed by atoms with van der Waals surface area (Å²) in [4.78, 5) is 12.1. The van der Waals surface area contributed by atoms with Gasteiger partial charge in [0, 0.05) is 25.1 Å². The van der Waals surface area contributed by atoms with Gasteiger partial charge in [0.25, 0.3) is 0 Å². The van der Waals surface area contributed by atoms with E-state index in [2.05, 4.69) is 15.5 Å². The van der Waals surface area contributed by atoms with Gasteiger partial charge in [-0.15, -0.1) is 10.2 Å². The molecule has 1 N–H and O–H groups in total. The summed E-state index contributed by atoms with van der Waals surface area (Å²) in [5.74, 6) is 1.34. The van der Waals surface area contributed by atoms with Crippen LogP contribution >= 0.6 is 0 Å². The lowest BCUT2D eigenvalue weighted by atomic mass is 10.1. The second kappa shape index (κ2) is 6.82. The maximum Gasteiger partial charge on any atom is 0.244 e. The first-order chi connectivity index (χ1) is 11.6. The third-order valence-corrected chi connectivity index (χ3v) is 4.08. The summed E-state index contributed by atoms with van der Waals surface area (Å²) in [6.45, 7) is 2.57. The maximum atomic E-state index is 13.6. The van der Waals surface area contributed by atoms with Crippen molar-refractivity contribution in [3.63, 3.8) is 0 Å². The average Bonchev–Trinajstić information content (AvgIpc) is 2.94. The molecule has 1 aliphatic heterocycles. The van der Waals surface area contributed by atoms with Gasteiger partial charge >= 0.3 is 0 Å². The van der Waals surface area contributed by atoms with Gasteiger partial charge in [0.05, 0.1) is 7.11 Å². The Morgan fingerprint density at radius 1 is 1.46 bits per heavy atom. The summed E-state index contributed by atoms with van der Waals surface area (Å²) in [5, 5.41) is 11.1. The van der Waals surface area contributed by atoms with Crippen LogP contribution in [-0.2, 0) is 17.8 Å². The maximum absolute atomic E-state index is 13.6. The standard InChI is InChI=1S/C17H19FN4O2/c1-11-20-21-16-7-5-13(10-22(11)16)19-17(23)8-4-12-3-6-15(24-2)14(18)9-12/h3-4,6,8-9,13H,5,7,10H2,1-2H3,(H,19,23)/b8-4+/t13-/m1/s1. The molecule has 126 valence electrons. The van der Waals surface area contributed by atoms with Crippen molar-refractivity contribution in [2.24, 2.45) is 0 Å². The molecule has 1 aromatic carbocycles. The Bertz CT molecular complexity index is 785. The fraction of sp³-hybridized carbons (Fsp3) is 0.353. The number of amides is 1. The van der Waals surface area contributed by atoms with E-state index in [4.69, 9.17) is 4.74 Å². The van der Waals surface area contributed by atoms with Crippen LogP contribution in [0.2, 0.25) is 0 Å². The molecule has 1 aliphatic rings. The highest BCUT2D eigenvalue weighted by molar-refractivity contribution is 5.91. The second-order valence-electron chi connectivity index (χ2n) is 5.75. The summed E-state index contributed by atoms with van der Waals surface area (Å²) in [6, 6.07) is 4.59. The molecule has 0 aliphatic carbocycles. The van der Waals surface area contributed by atoms with Crippen molar-refractivity contribution in [3.05, 3.63) is 47.3 Å². The molecule has 7 heteroatoms. The number of nitrogens with zero attached hydrogens (tertiary/aromatic N) is 3. The molecule has 3 rings (SSSR count). The van der Waals surface area contributed by atoms with Gasteiger partial charge in [-0.05, 0) is 37.1 Å². The van der Waals surface area contributed by atoms with Crippen LogP contribution in [0.3, 0.4) is 0 Å². The molecule has 1 aromatic heterocycles. The Balaban J connectivity index is 1.60. The number of hydrogen-bond acceptors (Lipinski definition) is 4.